The Morgan fingerprint density at radius 3 is 2.50 bits per heavy atom. The van der Waals surface area contributed by atoms with Gasteiger partial charge in [-0.25, -0.2) is 9.97 Å². The third-order valence-corrected chi connectivity index (χ3v) is 3.35. The van der Waals surface area contributed by atoms with E-state index in [9.17, 15) is 0 Å². The Morgan fingerprint density at radius 1 is 1.10 bits per heavy atom. The Kier molecular flexibility index (Phi) is 4.66. The molecule has 0 bridgehead atoms. The number of aromatic nitrogens is 3. The van der Waals surface area contributed by atoms with Crippen molar-refractivity contribution in [1.82, 2.24) is 15.0 Å². The molecular weight excluding hydrogens is 248 g/mol. The van der Waals surface area contributed by atoms with Crippen molar-refractivity contribution in [2.75, 3.05) is 11.9 Å². The molecule has 2 heterocycles. The molecule has 0 atom stereocenters. The number of anilines is 1. The molecule has 0 amide bonds. The molecule has 20 heavy (non-hydrogen) atoms. The first kappa shape index (κ1) is 14.4. The van der Waals surface area contributed by atoms with Crippen LogP contribution in [0.1, 0.15) is 42.2 Å². The normalized spacial score (nSPS) is 10.6. The van der Waals surface area contributed by atoms with E-state index < -0.39 is 0 Å². The van der Waals surface area contributed by atoms with E-state index >= 15 is 0 Å². The summed E-state index contributed by atoms with van der Waals surface area (Å²) in [5.74, 6) is 1.73. The number of rotatable bonds is 5. The third-order valence-electron chi connectivity index (χ3n) is 3.35. The summed E-state index contributed by atoms with van der Waals surface area (Å²) in [4.78, 5) is 13.5. The number of nitrogens with one attached hydrogen (secondary N) is 1. The number of pyridine rings is 1. The molecule has 4 nitrogen and oxygen atoms in total. The Hall–Kier alpha value is -1.97. The topological polar surface area (TPSA) is 50.7 Å². The average molecular weight is 270 g/mol. The van der Waals surface area contributed by atoms with Gasteiger partial charge in [0.15, 0.2) is 0 Å². The maximum absolute atomic E-state index is 4.56. The highest BCUT2D eigenvalue weighted by Crippen LogP contribution is 2.18. The minimum Gasteiger partial charge on any atom is -0.370 e. The van der Waals surface area contributed by atoms with Crippen LogP contribution in [0, 0.1) is 13.8 Å². The molecular formula is C16H22N4. The molecule has 0 saturated carbocycles. The monoisotopic (exact) mass is 270 g/mol. The zero-order chi connectivity index (χ0) is 14.5. The fourth-order valence-electron chi connectivity index (χ4n) is 2.14. The zero-order valence-corrected chi connectivity index (χ0v) is 12.7. The van der Waals surface area contributed by atoms with Gasteiger partial charge in [0.2, 0.25) is 0 Å². The summed E-state index contributed by atoms with van der Waals surface area (Å²) >= 11 is 0. The van der Waals surface area contributed by atoms with E-state index in [4.69, 9.17) is 0 Å². The fraction of sp³-hybridized carbons (Fsp3) is 0.438. The van der Waals surface area contributed by atoms with E-state index in [1.54, 1.807) is 0 Å². The van der Waals surface area contributed by atoms with Crippen molar-refractivity contribution in [2.24, 2.45) is 0 Å². The largest absolute Gasteiger partial charge is 0.370 e. The maximum Gasteiger partial charge on any atom is 0.132 e. The van der Waals surface area contributed by atoms with Crippen molar-refractivity contribution < 1.29 is 0 Å². The van der Waals surface area contributed by atoms with Gasteiger partial charge in [-0.1, -0.05) is 13.0 Å². The lowest BCUT2D eigenvalue weighted by atomic mass is 10.1. The van der Waals surface area contributed by atoms with Gasteiger partial charge in [-0.05, 0) is 38.8 Å². The first-order valence-corrected chi connectivity index (χ1v) is 7.15. The van der Waals surface area contributed by atoms with Gasteiger partial charge in [0.1, 0.15) is 11.6 Å². The summed E-state index contributed by atoms with van der Waals surface area (Å²) in [5.41, 5.74) is 4.47. The molecule has 0 aliphatic rings. The van der Waals surface area contributed by atoms with Gasteiger partial charge in [0.05, 0.1) is 5.69 Å². The molecule has 4 heteroatoms. The molecule has 2 rings (SSSR count). The summed E-state index contributed by atoms with van der Waals surface area (Å²) in [5, 5.41) is 3.29. The quantitative estimate of drug-likeness (QED) is 0.907. The van der Waals surface area contributed by atoms with Crippen molar-refractivity contribution in [3.05, 3.63) is 46.7 Å². The summed E-state index contributed by atoms with van der Waals surface area (Å²) in [7, 11) is 0. The molecule has 0 aliphatic heterocycles. The minimum absolute atomic E-state index is 0.748. The fourth-order valence-corrected chi connectivity index (χ4v) is 2.14. The van der Waals surface area contributed by atoms with Gasteiger partial charge in [0, 0.05) is 30.4 Å². The number of nitrogens with zero attached hydrogens (tertiary/aromatic N) is 3. The van der Waals surface area contributed by atoms with E-state index in [2.05, 4.69) is 53.2 Å². The number of hydrogen-bond acceptors (Lipinski definition) is 4. The second-order valence-electron chi connectivity index (χ2n) is 4.91. The first-order chi connectivity index (χ1) is 9.63. The molecule has 0 saturated heterocycles. The van der Waals surface area contributed by atoms with Gasteiger partial charge < -0.3 is 5.32 Å². The molecule has 2 aromatic heterocycles. The molecule has 0 aromatic carbocycles. The Balaban J connectivity index is 2.27. The van der Waals surface area contributed by atoms with Crippen LogP contribution in [0.5, 0.6) is 0 Å². The van der Waals surface area contributed by atoms with Gasteiger partial charge in [0.25, 0.3) is 0 Å². The van der Waals surface area contributed by atoms with Crippen LogP contribution < -0.4 is 5.32 Å². The van der Waals surface area contributed by atoms with Crippen molar-refractivity contribution in [3.8, 4) is 0 Å². The molecule has 106 valence electrons. The number of aryl methyl sites for hydroxylation is 2. The zero-order valence-electron chi connectivity index (χ0n) is 12.7. The second-order valence-corrected chi connectivity index (χ2v) is 4.91. The lowest BCUT2D eigenvalue weighted by Crippen LogP contribution is -2.08. The highest BCUT2D eigenvalue weighted by Gasteiger charge is 2.10. The van der Waals surface area contributed by atoms with E-state index in [-0.39, 0.29) is 0 Å². The predicted molar refractivity (Wildman–Crippen MR) is 82.1 cm³/mol. The average Bonchev–Trinajstić information content (AvgIpc) is 2.45. The lowest BCUT2D eigenvalue weighted by molar-refractivity contribution is 0.917. The van der Waals surface area contributed by atoms with Crippen LogP contribution in [0.3, 0.4) is 0 Å². The Bertz CT molecular complexity index is 576. The summed E-state index contributed by atoms with van der Waals surface area (Å²) in [6.07, 6.45) is 3.71. The second kappa shape index (κ2) is 6.46. The Labute approximate surface area is 120 Å². The van der Waals surface area contributed by atoms with E-state index in [0.29, 0.717) is 0 Å². The summed E-state index contributed by atoms with van der Waals surface area (Å²) in [6, 6.07) is 4.22. The van der Waals surface area contributed by atoms with Crippen molar-refractivity contribution in [1.29, 1.82) is 0 Å². The molecule has 0 fully saturated rings. The first-order valence-electron chi connectivity index (χ1n) is 7.15. The van der Waals surface area contributed by atoms with Crippen LogP contribution in [0.4, 0.5) is 5.82 Å². The summed E-state index contributed by atoms with van der Waals surface area (Å²) < 4.78 is 0. The summed E-state index contributed by atoms with van der Waals surface area (Å²) in [6.45, 7) is 9.06. The van der Waals surface area contributed by atoms with Crippen LogP contribution >= 0.6 is 0 Å². The smallest absolute Gasteiger partial charge is 0.132 e. The van der Waals surface area contributed by atoms with Crippen LogP contribution in [0.2, 0.25) is 0 Å². The minimum atomic E-state index is 0.748. The van der Waals surface area contributed by atoms with E-state index in [1.165, 1.54) is 5.56 Å². The molecule has 0 spiro atoms. The van der Waals surface area contributed by atoms with E-state index in [0.717, 1.165) is 48.0 Å². The lowest BCUT2D eigenvalue weighted by Gasteiger charge is -2.12. The van der Waals surface area contributed by atoms with Gasteiger partial charge in [-0.3, -0.25) is 4.98 Å². The van der Waals surface area contributed by atoms with Gasteiger partial charge in [-0.15, -0.1) is 0 Å². The standard InChI is InChI=1S/C16H22N4/c1-5-13-7-8-14(18-10-13)9-15-11(3)16(17-6-2)20-12(4)19-15/h7-8,10H,5-6,9H2,1-4H3,(H,17,19,20). The van der Waals surface area contributed by atoms with Crippen molar-refractivity contribution in [2.45, 2.75) is 40.5 Å². The Morgan fingerprint density at radius 2 is 1.90 bits per heavy atom. The predicted octanol–water partition coefficient (Wildman–Crippen LogP) is 3.07. The maximum atomic E-state index is 4.56. The molecule has 0 unspecified atom stereocenters. The SMILES string of the molecule is CCNc1nc(C)nc(Cc2ccc(CC)cn2)c1C. The van der Waals surface area contributed by atoms with Gasteiger partial charge in [-0.2, -0.15) is 0 Å². The van der Waals surface area contributed by atoms with Crippen LogP contribution in [-0.4, -0.2) is 21.5 Å². The highest BCUT2D eigenvalue weighted by molar-refractivity contribution is 5.46. The molecule has 0 aliphatic carbocycles. The number of hydrogen-bond donors (Lipinski definition) is 1. The van der Waals surface area contributed by atoms with Crippen molar-refractivity contribution >= 4 is 5.82 Å². The van der Waals surface area contributed by atoms with Crippen molar-refractivity contribution in [3.63, 3.8) is 0 Å². The molecule has 1 N–H and O–H groups in total. The van der Waals surface area contributed by atoms with Crippen LogP contribution in [-0.2, 0) is 12.8 Å². The highest BCUT2D eigenvalue weighted by atomic mass is 15.0. The molecule has 2 aromatic rings. The van der Waals surface area contributed by atoms with E-state index in [1.807, 2.05) is 13.1 Å². The van der Waals surface area contributed by atoms with Gasteiger partial charge >= 0.3 is 0 Å². The third kappa shape index (κ3) is 3.32. The molecule has 0 radical (unpaired) electrons. The van der Waals surface area contributed by atoms with Crippen LogP contribution in [0.15, 0.2) is 18.3 Å². The van der Waals surface area contributed by atoms with Crippen LogP contribution in [0.25, 0.3) is 0 Å².